The van der Waals surface area contributed by atoms with Crippen LogP contribution in [0.25, 0.3) is 0 Å². The zero-order valence-corrected chi connectivity index (χ0v) is 12.8. The van der Waals surface area contributed by atoms with Crippen molar-refractivity contribution in [1.82, 2.24) is 5.32 Å². The molecular weight excluding hydrogens is 289 g/mol. The van der Waals surface area contributed by atoms with E-state index < -0.39 is 5.82 Å². The van der Waals surface area contributed by atoms with E-state index in [0.29, 0.717) is 6.61 Å². The molecule has 2 aromatic carbocycles. The van der Waals surface area contributed by atoms with Crippen molar-refractivity contribution in [3.63, 3.8) is 0 Å². The van der Waals surface area contributed by atoms with Gasteiger partial charge in [0.25, 0.3) is 0 Å². The van der Waals surface area contributed by atoms with E-state index in [1.165, 1.54) is 11.6 Å². The van der Waals surface area contributed by atoms with Gasteiger partial charge in [-0.15, -0.1) is 0 Å². The molecule has 0 amide bonds. The fraction of sp³-hybridized carbons (Fsp3) is 0.294. The maximum Gasteiger partial charge on any atom is 0.141 e. The molecule has 2 rings (SSSR count). The first kappa shape index (κ1) is 15.8. The monoisotopic (exact) mass is 307 g/mol. The van der Waals surface area contributed by atoms with Crippen LogP contribution in [-0.4, -0.2) is 6.54 Å². The molecule has 0 aromatic heterocycles. The summed E-state index contributed by atoms with van der Waals surface area (Å²) < 4.78 is 18.8. The summed E-state index contributed by atoms with van der Waals surface area (Å²) in [6, 6.07) is 12.6. The van der Waals surface area contributed by atoms with Gasteiger partial charge in [-0.2, -0.15) is 0 Å². The highest BCUT2D eigenvalue weighted by molar-refractivity contribution is 6.30. The Bertz CT molecular complexity index is 589. The van der Waals surface area contributed by atoms with Gasteiger partial charge in [-0.3, -0.25) is 0 Å². The van der Waals surface area contributed by atoms with E-state index in [9.17, 15) is 4.39 Å². The average Bonchev–Trinajstić information content (AvgIpc) is 2.49. The molecule has 0 unspecified atom stereocenters. The smallest absolute Gasteiger partial charge is 0.141 e. The molecule has 0 aliphatic heterocycles. The molecule has 2 aromatic rings. The second-order valence-electron chi connectivity index (χ2n) is 4.86. The number of nitrogens with one attached hydrogen (secondary N) is 1. The number of rotatable bonds is 7. The lowest BCUT2D eigenvalue weighted by Crippen LogP contribution is -2.13. The molecule has 0 saturated carbocycles. The summed E-state index contributed by atoms with van der Waals surface area (Å²) in [5.74, 6) is 0.385. The zero-order chi connectivity index (χ0) is 15.1. The maximum atomic E-state index is 13.1. The van der Waals surface area contributed by atoms with Crippen LogP contribution in [0.1, 0.15) is 24.5 Å². The van der Waals surface area contributed by atoms with Crippen LogP contribution >= 0.6 is 11.6 Å². The standard InChI is InChI=1S/C17H19ClFNO/c1-2-8-20-11-13-4-3-5-15(9-13)21-12-14-6-7-17(19)16(18)10-14/h3-7,9-10,20H,2,8,11-12H2,1H3. The summed E-state index contributed by atoms with van der Waals surface area (Å²) in [4.78, 5) is 0. The zero-order valence-electron chi connectivity index (χ0n) is 12.0. The lowest BCUT2D eigenvalue weighted by Gasteiger charge is -2.09. The van der Waals surface area contributed by atoms with Crippen molar-refractivity contribution in [3.8, 4) is 5.75 Å². The Kier molecular flexibility index (Phi) is 6.03. The van der Waals surface area contributed by atoms with Gasteiger partial charge in [-0.25, -0.2) is 4.39 Å². The molecule has 112 valence electrons. The van der Waals surface area contributed by atoms with Gasteiger partial charge in [-0.1, -0.05) is 36.7 Å². The summed E-state index contributed by atoms with van der Waals surface area (Å²) in [6.07, 6.45) is 1.11. The molecule has 4 heteroatoms. The van der Waals surface area contributed by atoms with E-state index in [2.05, 4.69) is 18.3 Å². The highest BCUT2D eigenvalue weighted by atomic mass is 35.5. The largest absolute Gasteiger partial charge is 0.489 e. The Labute approximate surface area is 129 Å². The van der Waals surface area contributed by atoms with Crippen molar-refractivity contribution in [1.29, 1.82) is 0 Å². The quantitative estimate of drug-likeness (QED) is 0.757. The van der Waals surface area contributed by atoms with Gasteiger partial charge in [0, 0.05) is 6.54 Å². The first-order valence-electron chi connectivity index (χ1n) is 7.05. The summed E-state index contributed by atoms with van der Waals surface area (Å²) in [7, 11) is 0. The molecule has 0 radical (unpaired) electrons. The second-order valence-corrected chi connectivity index (χ2v) is 5.27. The number of hydrogen-bond donors (Lipinski definition) is 1. The van der Waals surface area contributed by atoms with Crippen LogP contribution in [0.3, 0.4) is 0 Å². The fourth-order valence-corrected chi connectivity index (χ4v) is 2.15. The molecule has 1 N–H and O–H groups in total. The van der Waals surface area contributed by atoms with Crippen LogP contribution in [0.5, 0.6) is 5.75 Å². The fourth-order valence-electron chi connectivity index (χ4n) is 1.95. The molecule has 0 atom stereocenters. The highest BCUT2D eigenvalue weighted by Crippen LogP contribution is 2.19. The van der Waals surface area contributed by atoms with Crippen LogP contribution in [-0.2, 0) is 13.2 Å². The number of benzene rings is 2. The topological polar surface area (TPSA) is 21.3 Å². The van der Waals surface area contributed by atoms with Crippen molar-refractivity contribution in [2.24, 2.45) is 0 Å². The van der Waals surface area contributed by atoms with Crippen molar-refractivity contribution in [2.45, 2.75) is 26.5 Å². The van der Waals surface area contributed by atoms with Crippen LogP contribution < -0.4 is 10.1 Å². The summed E-state index contributed by atoms with van der Waals surface area (Å²) >= 11 is 5.75. The molecule has 0 saturated heterocycles. The van der Waals surface area contributed by atoms with Gasteiger partial charge in [0.15, 0.2) is 0 Å². The van der Waals surface area contributed by atoms with Crippen molar-refractivity contribution in [2.75, 3.05) is 6.54 Å². The van der Waals surface area contributed by atoms with Crippen molar-refractivity contribution >= 4 is 11.6 Å². The van der Waals surface area contributed by atoms with E-state index in [1.807, 2.05) is 18.2 Å². The maximum absolute atomic E-state index is 13.1. The lowest BCUT2D eigenvalue weighted by molar-refractivity contribution is 0.305. The van der Waals surface area contributed by atoms with E-state index >= 15 is 0 Å². The van der Waals surface area contributed by atoms with Gasteiger partial charge >= 0.3 is 0 Å². The average molecular weight is 308 g/mol. The molecule has 0 spiro atoms. The molecule has 0 fully saturated rings. The van der Waals surface area contributed by atoms with Crippen molar-refractivity contribution in [3.05, 3.63) is 64.4 Å². The van der Waals surface area contributed by atoms with E-state index in [4.69, 9.17) is 16.3 Å². The van der Waals surface area contributed by atoms with Crippen LogP contribution in [0.2, 0.25) is 5.02 Å². The predicted molar refractivity (Wildman–Crippen MR) is 84.2 cm³/mol. The van der Waals surface area contributed by atoms with E-state index in [1.54, 1.807) is 12.1 Å². The molecule has 0 heterocycles. The Balaban J connectivity index is 1.93. The third-order valence-corrected chi connectivity index (χ3v) is 3.33. The van der Waals surface area contributed by atoms with Gasteiger partial charge < -0.3 is 10.1 Å². The highest BCUT2D eigenvalue weighted by Gasteiger charge is 2.02. The van der Waals surface area contributed by atoms with Crippen LogP contribution in [0, 0.1) is 5.82 Å². The number of halogens is 2. The number of ether oxygens (including phenoxy) is 1. The molecule has 2 nitrogen and oxygen atoms in total. The minimum absolute atomic E-state index is 0.119. The predicted octanol–water partition coefficient (Wildman–Crippen LogP) is 4.56. The Morgan fingerprint density at radius 2 is 2.00 bits per heavy atom. The SMILES string of the molecule is CCCNCc1cccc(OCc2ccc(F)c(Cl)c2)c1. The molecule has 0 aliphatic carbocycles. The lowest BCUT2D eigenvalue weighted by atomic mass is 10.2. The summed E-state index contributed by atoms with van der Waals surface area (Å²) in [6.45, 7) is 4.33. The minimum atomic E-state index is -0.413. The van der Waals surface area contributed by atoms with Gasteiger partial charge in [0.05, 0.1) is 5.02 Å². The second kappa shape index (κ2) is 8.01. The molecule has 0 bridgehead atoms. The number of hydrogen-bond acceptors (Lipinski definition) is 2. The Hall–Kier alpha value is -1.58. The molecule has 21 heavy (non-hydrogen) atoms. The Morgan fingerprint density at radius 1 is 1.14 bits per heavy atom. The third kappa shape index (κ3) is 5.03. The molecule has 0 aliphatic rings. The van der Waals surface area contributed by atoms with Gasteiger partial charge in [-0.05, 0) is 48.4 Å². The normalized spacial score (nSPS) is 10.6. The first-order chi connectivity index (χ1) is 10.2. The van der Waals surface area contributed by atoms with Crippen LogP contribution in [0.4, 0.5) is 4.39 Å². The first-order valence-corrected chi connectivity index (χ1v) is 7.43. The summed E-state index contributed by atoms with van der Waals surface area (Å²) in [5, 5.41) is 3.47. The minimum Gasteiger partial charge on any atom is -0.489 e. The van der Waals surface area contributed by atoms with E-state index in [-0.39, 0.29) is 5.02 Å². The Morgan fingerprint density at radius 3 is 2.76 bits per heavy atom. The summed E-state index contributed by atoms with van der Waals surface area (Å²) in [5.41, 5.74) is 2.02. The van der Waals surface area contributed by atoms with Crippen LogP contribution in [0.15, 0.2) is 42.5 Å². The third-order valence-electron chi connectivity index (χ3n) is 3.04. The van der Waals surface area contributed by atoms with E-state index in [0.717, 1.165) is 30.8 Å². The van der Waals surface area contributed by atoms with Gasteiger partial charge in [0.2, 0.25) is 0 Å². The van der Waals surface area contributed by atoms with Crippen molar-refractivity contribution < 1.29 is 9.13 Å². The van der Waals surface area contributed by atoms with Gasteiger partial charge in [0.1, 0.15) is 18.2 Å². The molecular formula is C17H19ClFNO.